The van der Waals surface area contributed by atoms with Crippen LogP contribution in [0.4, 0.5) is 5.69 Å². The third-order valence-electron chi connectivity index (χ3n) is 4.20. The summed E-state index contributed by atoms with van der Waals surface area (Å²) < 4.78 is 15.7. The van der Waals surface area contributed by atoms with E-state index < -0.39 is 17.9 Å². The number of hydrogen-bond acceptors (Lipinski definition) is 6. The fourth-order valence-corrected chi connectivity index (χ4v) is 2.62. The van der Waals surface area contributed by atoms with Crippen molar-refractivity contribution in [2.24, 2.45) is 0 Å². The Hall–Kier alpha value is -3.55. The molecule has 0 radical (unpaired) electrons. The fraction of sp³-hybridized carbons (Fsp3) is 0.286. The van der Waals surface area contributed by atoms with Crippen LogP contribution in [0.1, 0.15) is 34.6 Å². The van der Waals surface area contributed by atoms with E-state index in [4.69, 9.17) is 14.2 Å². The molecule has 0 aromatic heterocycles. The summed E-state index contributed by atoms with van der Waals surface area (Å²) in [4.78, 5) is 36.5. The molecule has 0 fully saturated rings. The van der Waals surface area contributed by atoms with Crippen molar-refractivity contribution in [2.45, 2.75) is 19.9 Å². The summed E-state index contributed by atoms with van der Waals surface area (Å²) in [5.41, 5.74) is 1.20. The summed E-state index contributed by atoms with van der Waals surface area (Å²) in [6.45, 7) is 3.00. The maximum Gasteiger partial charge on any atom is 0.252 e. The van der Waals surface area contributed by atoms with E-state index in [1.165, 1.54) is 40.4 Å². The van der Waals surface area contributed by atoms with Crippen LogP contribution in [-0.2, 0) is 4.79 Å². The first-order valence-electron chi connectivity index (χ1n) is 8.83. The van der Waals surface area contributed by atoms with Gasteiger partial charge >= 0.3 is 0 Å². The predicted molar refractivity (Wildman–Crippen MR) is 108 cm³/mol. The minimum absolute atomic E-state index is 0.107. The Labute approximate surface area is 169 Å². The van der Waals surface area contributed by atoms with Crippen LogP contribution in [0.3, 0.4) is 0 Å². The SMILES string of the molecule is COc1cc(C(=O)N[C@@H](C)C(=O)Nc2cccc(C(C)=O)c2)cc(OC)c1OC. The van der Waals surface area contributed by atoms with Gasteiger partial charge in [0.2, 0.25) is 11.7 Å². The first-order chi connectivity index (χ1) is 13.8. The van der Waals surface area contributed by atoms with Gasteiger partial charge in [-0.3, -0.25) is 14.4 Å². The summed E-state index contributed by atoms with van der Waals surface area (Å²) in [6, 6.07) is 8.74. The molecule has 0 spiro atoms. The number of ether oxygens (including phenoxy) is 3. The van der Waals surface area contributed by atoms with E-state index in [1.807, 2.05) is 0 Å². The van der Waals surface area contributed by atoms with Crippen molar-refractivity contribution in [2.75, 3.05) is 26.6 Å². The summed E-state index contributed by atoms with van der Waals surface area (Å²) >= 11 is 0. The number of hydrogen-bond donors (Lipinski definition) is 2. The molecule has 8 heteroatoms. The molecule has 2 aromatic carbocycles. The molecule has 0 saturated carbocycles. The zero-order valence-electron chi connectivity index (χ0n) is 17.0. The molecule has 154 valence electrons. The molecule has 0 aliphatic carbocycles. The van der Waals surface area contributed by atoms with Gasteiger partial charge in [0.25, 0.3) is 5.91 Å². The second-order valence-electron chi connectivity index (χ2n) is 6.24. The van der Waals surface area contributed by atoms with Crippen molar-refractivity contribution in [1.29, 1.82) is 0 Å². The van der Waals surface area contributed by atoms with E-state index in [0.717, 1.165) is 0 Å². The van der Waals surface area contributed by atoms with Gasteiger partial charge in [0.15, 0.2) is 17.3 Å². The Bertz CT molecular complexity index is 900. The van der Waals surface area contributed by atoms with Gasteiger partial charge < -0.3 is 24.8 Å². The van der Waals surface area contributed by atoms with E-state index in [1.54, 1.807) is 31.2 Å². The zero-order valence-corrected chi connectivity index (χ0v) is 17.0. The molecule has 0 unspecified atom stereocenters. The number of rotatable bonds is 8. The number of Topliss-reactive ketones (excluding diaryl/α,β-unsaturated/α-hetero) is 1. The van der Waals surface area contributed by atoms with Crippen LogP contribution in [0.15, 0.2) is 36.4 Å². The lowest BCUT2D eigenvalue weighted by molar-refractivity contribution is -0.117. The normalized spacial score (nSPS) is 11.2. The Kier molecular flexibility index (Phi) is 7.19. The van der Waals surface area contributed by atoms with E-state index >= 15 is 0 Å². The maximum absolute atomic E-state index is 12.6. The van der Waals surface area contributed by atoms with Crippen molar-refractivity contribution < 1.29 is 28.6 Å². The molecule has 2 N–H and O–H groups in total. The summed E-state index contributed by atoms with van der Waals surface area (Å²) in [7, 11) is 4.36. The van der Waals surface area contributed by atoms with Gasteiger partial charge in [-0.2, -0.15) is 0 Å². The molecule has 29 heavy (non-hydrogen) atoms. The molecule has 0 saturated heterocycles. The Morgan fingerprint density at radius 2 is 1.52 bits per heavy atom. The number of benzene rings is 2. The number of amides is 2. The summed E-state index contributed by atoms with van der Waals surface area (Å²) in [5.74, 6) is 0.00809. The molecule has 0 aliphatic heterocycles. The Balaban J connectivity index is 2.13. The molecule has 2 rings (SSSR count). The molecule has 0 heterocycles. The smallest absolute Gasteiger partial charge is 0.252 e. The average molecular weight is 400 g/mol. The van der Waals surface area contributed by atoms with Gasteiger partial charge in [-0.25, -0.2) is 0 Å². The summed E-state index contributed by atoms with van der Waals surface area (Å²) in [5, 5.41) is 5.31. The van der Waals surface area contributed by atoms with E-state index in [0.29, 0.717) is 28.5 Å². The van der Waals surface area contributed by atoms with Gasteiger partial charge in [-0.15, -0.1) is 0 Å². The van der Waals surface area contributed by atoms with Gasteiger partial charge in [0.1, 0.15) is 6.04 Å². The lowest BCUT2D eigenvalue weighted by atomic mass is 10.1. The monoisotopic (exact) mass is 400 g/mol. The van der Waals surface area contributed by atoms with Crippen LogP contribution in [0.5, 0.6) is 17.2 Å². The van der Waals surface area contributed by atoms with E-state index in [2.05, 4.69) is 10.6 Å². The van der Waals surface area contributed by atoms with Crippen LogP contribution in [0.2, 0.25) is 0 Å². The highest BCUT2D eigenvalue weighted by Gasteiger charge is 2.21. The van der Waals surface area contributed by atoms with Crippen LogP contribution < -0.4 is 24.8 Å². The van der Waals surface area contributed by atoms with Crippen molar-refractivity contribution in [3.8, 4) is 17.2 Å². The minimum atomic E-state index is -0.831. The molecule has 1 atom stereocenters. The first-order valence-corrected chi connectivity index (χ1v) is 8.83. The molecule has 2 aromatic rings. The highest BCUT2D eigenvalue weighted by atomic mass is 16.5. The van der Waals surface area contributed by atoms with Crippen molar-refractivity contribution in [3.63, 3.8) is 0 Å². The average Bonchev–Trinajstić information content (AvgIpc) is 2.72. The second-order valence-corrected chi connectivity index (χ2v) is 6.24. The third-order valence-corrected chi connectivity index (χ3v) is 4.20. The second kappa shape index (κ2) is 9.59. The Morgan fingerprint density at radius 3 is 2.03 bits per heavy atom. The van der Waals surface area contributed by atoms with Gasteiger partial charge in [0, 0.05) is 16.8 Å². The minimum Gasteiger partial charge on any atom is -0.493 e. The van der Waals surface area contributed by atoms with Gasteiger partial charge in [-0.05, 0) is 38.1 Å². The van der Waals surface area contributed by atoms with Gasteiger partial charge in [0.05, 0.1) is 21.3 Å². The van der Waals surface area contributed by atoms with Crippen LogP contribution >= 0.6 is 0 Å². The number of anilines is 1. The van der Waals surface area contributed by atoms with Crippen LogP contribution in [0.25, 0.3) is 0 Å². The Morgan fingerprint density at radius 1 is 0.897 bits per heavy atom. The number of carbonyl (C=O) groups excluding carboxylic acids is 3. The van der Waals surface area contributed by atoms with Crippen molar-refractivity contribution >= 4 is 23.3 Å². The standard InChI is InChI=1S/C21H24N2O6/c1-12(20(25)23-16-8-6-7-14(9-16)13(2)24)22-21(26)15-10-17(27-3)19(29-5)18(11-15)28-4/h6-12H,1-5H3,(H,22,26)(H,23,25)/t12-/m0/s1. The highest BCUT2D eigenvalue weighted by molar-refractivity contribution is 6.02. The number of methoxy groups -OCH3 is 3. The van der Waals surface area contributed by atoms with Crippen molar-refractivity contribution in [1.82, 2.24) is 5.32 Å². The molecule has 0 aliphatic rings. The van der Waals surface area contributed by atoms with Crippen LogP contribution in [0, 0.1) is 0 Å². The van der Waals surface area contributed by atoms with E-state index in [9.17, 15) is 14.4 Å². The lowest BCUT2D eigenvalue weighted by Gasteiger charge is -2.17. The lowest BCUT2D eigenvalue weighted by Crippen LogP contribution is -2.41. The zero-order chi connectivity index (χ0) is 21.6. The maximum atomic E-state index is 12.6. The number of nitrogens with one attached hydrogen (secondary N) is 2. The van der Waals surface area contributed by atoms with E-state index in [-0.39, 0.29) is 11.3 Å². The first kappa shape index (κ1) is 21.7. The topological polar surface area (TPSA) is 103 Å². The highest BCUT2D eigenvalue weighted by Crippen LogP contribution is 2.38. The number of ketones is 1. The van der Waals surface area contributed by atoms with Gasteiger partial charge in [-0.1, -0.05) is 12.1 Å². The molecular weight excluding hydrogens is 376 g/mol. The number of carbonyl (C=O) groups is 3. The summed E-state index contributed by atoms with van der Waals surface area (Å²) in [6.07, 6.45) is 0. The fourth-order valence-electron chi connectivity index (χ4n) is 2.62. The van der Waals surface area contributed by atoms with Crippen molar-refractivity contribution in [3.05, 3.63) is 47.5 Å². The van der Waals surface area contributed by atoms with Crippen LogP contribution in [-0.4, -0.2) is 45.0 Å². The third kappa shape index (κ3) is 5.25. The predicted octanol–water partition coefficient (Wildman–Crippen LogP) is 2.67. The molecule has 8 nitrogen and oxygen atoms in total. The molecule has 2 amide bonds. The quantitative estimate of drug-likeness (QED) is 0.661. The molecule has 0 bridgehead atoms. The molecular formula is C21H24N2O6. The largest absolute Gasteiger partial charge is 0.493 e.